The Morgan fingerprint density at radius 2 is 1.62 bits per heavy atom. The van der Waals surface area contributed by atoms with Gasteiger partial charge in [-0.15, -0.1) is 0 Å². The minimum Gasteiger partial charge on any atom is -0.0810 e. The van der Waals surface area contributed by atoms with Crippen molar-refractivity contribution in [1.29, 1.82) is 0 Å². The molecule has 0 aromatic carbocycles. The van der Waals surface area contributed by atoms with Gasteiger partial charge in [-0.05, 0) is 15.7 Å². The first-order valence-electron chi connectivity index (χ1n) is 4.77. The lowest BCUT2D eigenvalue weighted by molar-refractivity contribution is 0.430. The molecule has 0 bridgehead atoms. The molecule has 76 valence electrons. The van der Waals surface area contributed by atoms with Gasteiger partial charge in [0.25, 0.3) is 0 Å². The summed E-state index contributed by atoms with van der Waals surface area (Å²) in [6.45, 7) is 13.8. The van der Waals surface area contributed by atoms with E-state index in [9.17, 15) is 0 Å². The van der Waals surface area contributed by atoms with Gasteiger partial charge in [-0.25, -0.2) is 0 Å². The van der Waals surface area contributed by atoms with Crippen molar-refractivity contribution in [1.82, 2.24) is 0 Å². The van der Waals surface area contributed by atoms with Gasteiger partial charge in [0, 0.05) is 5.25 Å². The molecule has 1 rings (SSSR count). The standard InChI is InChI=1S/C11H20S2/c1-10(2,3)8-7-9(13-12-8)11(4,5)6/h7-8H,1-6H3. The number of allylic oxidation sites excluding steroid dienone is 1. The quantitative estimate of drug-likeness (QED) is 0.537. The molecule has 0 aromatic rings. The molecule has 0 saturated carbocycles. The Morgan fingerprint density at radius 3 is 1.85 bits per heavy atom. The molecular formula is C11H20S2. The minimum absolute atomic E-state index is 0.331. The summed E-state index contributed by atoms with van der Waals surface area (Å²) in [4.78, 5) is 1.54. The SMILES string of the molecule is CC(C)(C)C1=CC(C(C)(C)C)SS1. The van der Waals surface area contributed by atoms with Crippen molar-refractivity contribution in [2.75, 3.05) is 0 Å². The molecule has 0 amide bonds. The zero-order chi connectivity index (χ0) is 10.3. The number of hydrogen-bond acceptors (Lipinski definition) is 2. The third-order valence-electron chi connectivity index (χ3n) is 2.14. The summed E-state index contributed by atoms with van der Waals surface area (Å²) in [6.07, 6.45) is 2.45. The van der Waals surface area contributed by atoms with E-state index in [0.717, 1.165) is 0 Å². The molecule has 1 unspecified atom stereocenters. The first-order chi connectivity index (χ1) is 5.71. The van der Waals surface area contributed by atoms with Gasteiger partial charge < -0.3 is 0 Å². The van der Waals surface area contributed by atoms with Crippen LogP contribution in [0.1, 0.15) is 41.5 Å². The maximum Gasteiger partial charge on any atom is 0.0394 e. The van der Waals surface area contributed by atoms with Crippen molar-refractivity contribution in [3.05, 3.63) is 11.0 Å². The maximum atomic E-state index is 2.45. The summed E-state index contributed by atoms with van der Waals surface area (Å²) < 4.78 is 0. The second-order valence-electron chi connectivity index (χ2n) is 5.75. The van der Waals surface area contributed by atoms with Crippen molar-refractivity contribution in [2.24, 2.45) is 10.8 Å². The lowest BCUT2D eigenvalue weighted by atomic mass is 9.88. The predicted octanol–water partition coefficient (Wildman–Crippen LogP) is 4.73. The van der Waals surface area contributed by atoms with Crippen LogP contribution in [-0.4, -0.2) is 5.25 Å². The van der Waals surface area contributed by atoms with Crippen LogP contribution in [0.15, 0.2) is 11.0 Å². The summed E-state index contributed by atoms with van der Waals surface area (Å²) in [6, 6.07) is 0. The van der Waals surface area contributed by atoms with Gasteiger partial charge in [-0.1, -0.05) is 69.2 Å². The molecule has 0 aliphatic carbocycles. The Labute approximate surface area is 90.3 Å². The lowest BCUT2D eigenvalue weighted by Crippen LogP contribution is -2.19. The monoisotopic (exact) mass is 216 g/mol. The minimum atomic E-state index is 0.331. The van der Waals surface area contributed by atoms with E-state index in [-0.39, 0.29) is 0 Å². The third kappa shape index (κ3) is 2.95. The highest BCUT2D eigenvalue weighted by atomic mass is 33.1. The van der Waals surface area contributed by atoms with Gasteiger partial charge in [0.05, 0.1) is 0 Å². The Balaban J connectivity index is 2.76. The van der Waals surface area contributed by atoms with E-state index < -0.39 is 0 Å². The van der Waals surface area contributed by atoms with E-state index in [0.29, 0.717) is 16.1 Å². The van der Waals surface area contributed by atoms with Gasteiger partial charge >= 0.3 is 0 Å². The molecule has 0 spiro atoms. The summed E-state index contributed by atoms with van der Waals surface area (Å²) in [5, 5.41) is 0.673. The van der Waals surface area contributed by atoms with Gasteiger partial charge in [0.15, 0.2) is 0 Å². The second-order valence-corrected chi connectivity index (χ2v) is 8.13. The first kappa shape index (κ1) is 11.5. The van der Waals surface area contributed by atoms with Crippen LogP contribution < -0.4 is 0 Å². The van der Waals surface area contributed by atoms with Crippen LogP contribution in [-0.2, 0) is 0 Å². The third-order valence-corrected chi connectivity index (χ3v) is 5.66. The summed E-state index contributed by atoms with van der Waals surface area (Å²) >= 11 is 0. The average Bonchev–Trinajstić information content (AvgIpc) is 2.28. The zero-order valence-corrected chi connectivity index (χ0v) is 11.1. The average molecular weight is 216 g/mol. The lowest BCUT2D eigenvalue weighted by Gasteiger charge is -2.23. The molecule has 0 radical (unpaired) electrons. The number of rotatable bonds is 0. The van der Waals surface area contributed by atoms with Gasteiger partial charge in [-0.2, -0.15) is 0 Å². The highest BCUT2D eigenvalue weighted by Gasteiger charge is 2.32. The molecule has 1 atom stereocenters. The second kappa shape index (κ2) is 3.54. The normalized spacial score (nSPS) is 24.8. The van der Waals surface area contributed by atoms with Crippen LogP contribution in [0.2, 0.25) is 0 Å². The highest BCUT2D eigenvalue weighted by molar-refractivity contribution is 8.78. The first-order valence-corrected chi connectivity index (χ1v) is 6.98. The van der Waals surface area contributed by atoms with Crippen LogP contribution in [0.5, 0.6) is 0 Å². The van der Waals surface area contributed by atoms with Gasteiger partial charge in [0.2, 0.25) is 0 Å². The molecule has 1 aliphatic rings. The van der Waals surface area contributed by atoms with E-state index in [1.165, 1.54) is 4.91 Å². The van der Waals surface area contributed by atoms with E-state index in [1.54, 1.807) is 0 Å². The molecule has 2 heteroatoms. The summed E-state index contributed by atoms with van der Waals surface area (Å²) in [5.74, 6) is 0. The Hall–Kier alpha value is 0.440. The van der Waals surface area contributed by atoms with Gasteiger partial charge in [-0.3, -0.25) is 0 Å². The fourth-order valence-electron chi connectivity index (χ4n) is 1.07. The topological polar surface area (TPSA) is 0 Å². The molecule has 0 fully saturated rings. The van der Waals surface area contributed by atoms with Crippen LogP contribution in [0.4, 0.5) is 0 Å². The fraction of sp³-hybridized carbons (Fsp3) is 0.818. The van der Waals surface area contributed by atoms with E-state index in [4.69, 9.17) is 0 Å². The van der Waals surface area contributed by atoms with Crippen LogP contribution in [0, 0.1) is 10.8 Å². The van der Waals surface area contributed by atoms with Crippen molar-refractivity contribution in [3.8, 4) is 0 Å². The van der Waals surface area contributed by atoms with Gasteiger partial charge in [0.1, 0.15) is 0 Å². The van der Waals surface area contributed by atoms with Crippen molar-refractivity contribution in [3.63, 3.8) is 0 Å². The summed E-state index contributed by atoms with van der Waals surface area (Å²) in [7, 11) is 3.97. The maximum absolute atomic E-state index is 2.45. The van der Waals surface area contributed by atoms with Crippen LogP contribution >= 0.6 is 21.6 Å². The Kier molecular flexibility index (Phi) is 3.14. The molecule has 1 heterocycles. The Morgan fingerprint density at radius 1 is 1.08 bits per heavy atom. The Bertz CT molecular complexity index is 215. The smallest absolute Gasteiger partial charge is 0.0394 e. The van der Waals surface area contributed by atoms with Crippen LogP contribution in [0.25, 0.3) is 0 Å². The van der Waals surface area contributed by atoms with E-state index in [2.05, 4.69) is 47.6 Å². The molecular weight excluding hydrogens is 196 g/mol. The van der Waals surface area contributed by atoms with Crippen molar-refractivity contribution >= 4 is 21.6 Å². The van der Waals surface area contributed by atoms with E-state index >= 15 is 0 Å². The van der Waals surface area contributed by atoms with Crippen LogP contribution in [0.3, 0.4) is 0 Å². The number of hydrogen-bond donors (Lipinski definition) is 0. The molecule has 0 saturated heterocycles. The largest absolute Gasteiger partial charge is 0.0810 e. The van der Waals surface area contributed by atoms with E-state index in [1.807, 2.05) is 21.6 Å². The summed E-state index contributed by atoms with van der Waals surface area (Å²) in [5.41, 5.74) is 0.725. The predicted molar refractivity (Wildman–Crippen MR) is 66.0 cm³/mol. The van der Waals surface area contributed by atoms with Crippen molar-refractivity contribution < 1.29 is 0 Å². The zero-order valence-electron chi connectivity index (χ0n) is 9.47. The molecule has 13 heavy (non-hydrogen) atoms. The molecule has 1 aliphatic heterocycles. The highest BCUT2D eigenvalue weighted by Crippen LogP contribution is 2.53. The molecule has 0 nitrogen and oxygen atoms in total. The molecule has 0 N–H and O–H groups in total. The molecule has 0 aromatic heterocycles. The fourth-order valence-corrected chi connectivity index (χ4v) is 4.85. The van der Waals surface area contributed by atoms with Crippen molar-refractivity contribution in [2.45, 2.75) is 46.8 Å².